The van der Waals surface area contributed by atoms with Crippen LogP contribution in [0, 0.1) is 0 Å². The second-order valence-electron chi connectivity index (χ2n) is 2.84. The molecular formula is C8H14ClNO3. The van der Waals surface area contributed by atoms with Crippen LogP contribution >= 0.6 is 11.6 Å². The molecule has 0 spiro atoms. The molecule has 1 N–H and O–H groups in total. The third-order valence-electron chi connectivity index (χ3n) is 1.79. The molecule has 0 aliphatic carbocycles. The van der Waals surface area contributed by atoms with Crippen LogP contribution in [0.5, 0.6) is 0 Å². The first-order valence-electron chi connectivity index (χ1n) is 4.35. The van der Waals surface area contributed by atoms with Crippen molar-refractivity contribution in [1.29, 1.82) is 0 Å². The molecule has 76 valence electrons. The van der Waals surface area contributed by atoms with Crippen LogP contribution in [0.15, 0.2) is 0 Å². The molecule has 0 aromatic rings. The minimum Gasteiger partial charge on any atom is -0.376 e. The molecule has 13 heavy (non-hydrogen) atoms. The Bertz CT molecular complexity index is 159. The highest BCUT2D eigenvalue weighted by atomic mass is 35.5. The highest BCUT2D eigenvalue weighted by Crippen LogP contribution is 2.03. The summed E-state index contributed by atoms with van der Waals surface area (Å²) < 4.78 is 10.6. The molecule has 0 saturated carbocycles. The Morgan fingerprint density at radius 1 is 1.54 bits per heavy atom. The van der Waals surface area contributed by atoms with Crippen LogP contribution in [0.1, 0.15) is 6.42 Å². The summed E-state index contributed by atoms with van der Waals surface area (Å²) in [6.45, 7) is 2.54. The smallest absolute Gasteiger partial charge is 0.234 e. The van der Waals surface area contributed by atoms with Gasteiger partial charge in [-0.15, -0.1) is 11.6 Å². The summed E-state index contributed by atoms with van der Waals surface area (Å²) in [4.78, 5) is 10.7. The van der Waals surface area contributed by atoms with Gasteiger partial charge in [-0.25, -0.2) is 0 Å². The van der Waals surface area contributed by atoms with Gasteiger partial charge in [-0.1, -0.05) is 0 Å². The number of amides is 1. The first kappa shape index (κ1) is 10.8. The Morgan fingerprint density at radius 3 is 3.00 bits per heavy atom. The average Bonchev–Trinajstić information content (AvgIpc) is 2.19. The lowest BCUT2D eigenvalue weighted by Crippen LogP contribution is -2.33. The summed E-state index contributed by atoms with van der Waals surface area (Å²) in [7, 11) is 0. The largest absolute Gasteiger partial charge is 0.376 e. The number of halogens is 1. The summed E-state index contributed by atoms with van der Waals surface area (Å²) >= 11 is 5.31. The fraction of sp³-hybridized carbons (Fsp3) is 0.875. The molecule has 5 heteroatoms. The van der Waals surface area contributed by atoms with E-state index >= 15 is 0 Å². The highest BCUT2D eigenvalue weighted by Gasteiger charge is 2.13. The van der Waals surface area contributed by atoms with Crippen LogP contribution in [0.4, 0.5) is 0 Å². The number of carbonyl (C=O) groups excluding carboxylic acids is 1. The summed E-state index contributed by atoms with van der Waals surface area (Å²) in [5.41, 5.74) is 0. The summed E-state index contributed by atoms with van der Waals surface area (Å²) in [5.74, 6) is -0.124. The molecule has 0 aromatic carbocycles. The van der Waals surface area contributed by atoms with E-state index in [2.05, 4.69) is 5.32 Å². The maximum absolute atomic E-state index is 10.7. The Balaban J connectivity index is 2.01. The third kappa shape index (κ3) is 4.45. The number of carbonyl (C=O) groups is 1. The predicted octanol–water partition coefficient (Wildman–Crippen LogP) is 0.147. The lowest BCUT2D eigenvalue weighted by Gasteiger charge is -2.22. The van der Waals surface area contributed by atoms with E-state index in [0.29, 0.717) is 26.4 Å². The van der Waals surface area contributed by atoms with Gasteiger partial charge in [0.1, 0.15) is 5.88 Å². The van der Waals surface area contributed by atoms with Crippen molar-refractivity contribution in [3.8, 4) is 0 Å². The van der Waals surface area contributed by atoms with Crippen molar-refractivity contribution in [2.45, 2.75) is 12.5 Å². The average molecular weight is 208 g/mol. The molecule has 0 radical (unpaired) electrons. The van der Waals surface area contributed by atoms with Crippen LogP contribution in [0.2, 0.25) is 0 Å². The van der Waals surface area contributed by atoms with Crippen molar-refractivity contribution in [2.75, 3.05) is 32.2 Å². The molecule has 1 fully saturated rings. The number of hydrogen-bond donors (Lipinski definition) is 1. The van der Waals surface area contributed by atoms with E-state index in [4.69, 9.17) is 21.1 Å². The summed E-state index contributed by atoms with van der Waals surface area (Å²) in [6.07, 6.45) is 0.896. The van der Waals surface area contributed by atoms with Crippen LogP contribution < -0.4 is 5.32 Å². The van der Waals surface area contributed by atoms with Gasteiger partial charge in [-0.3, -0.25) is 4.79 Å². The second kappa shape index (κ2) is 6.18. The van der Waals surface area contributed by atoms with E-state index in [1.165, 1.54) is 0 Å². The van der Waals surface area contributed by atoms with Crippen molar-refractivity contribution in [3.63, 3.8) is 0 Å². The number of ether oxygens (including phenoxy) is 2. The SMILES string of the molecule is O=C(CCl)NCCC1COCCO1. The van der Waals surface area contributed by atoms with E-state index < -0.39 is 0 Å². The van der Waals surface area contributed by atoms with E-state index in [0.717, 1.165) is 6.42 Å². The second-order valence-corrected chi connectivity index (χ2v) is 3.11. The lowest BCUT2D eigenvalue weighted by molar-refractivity contribution is -0.119. The van der Waals surface area contributed by atoms with Crippen molar-refractivity contribution < 1.29 is 14.3 Å². The van der Waals surface area contributed by atoms with Crippen molar-refractivity contribution >= 4 is 17.5 Å². The highest BCUT2D eigenvalue weighted by molar-refractivity contribution is 6.27. The zero-order valence-electron chi connectivity index (χ0n) is 7.42. The van der Waals surface area contributed by atoms with Crippen molar-refractivity contribution in [1.82, 2.24) is 5.32 Å². The molecule has 1 rings (SSSR count). The zero-order chi connectivity index (χ0) is 9.52. The van der Waals surface area contributed by atoms with E-state index in [1.54, 1.807) is 0 Å². The maximum atomic E-state index is 10.7. The van der Waals surface area contributed by atoms with Gasteiger partial charge in [-0.2, -0.15) is 0 Å². The van der Waals surface area contributed by atoms with Gasteiger partial charge < -0.3 is 14.8 Å². The minimum atomic E-state index is -0.140. The summed E-state index contributed by atoms with van der Waals surface area (Å²) in [5, 5.41) is 2.67. The molecular weight excluding hydrogens is 194 g/mol. The Morgan fingerprint density at radius 2 is 2.38 bits per heavy atom. The molecule has 1 atom stereocenters. The van der Waals surface area contributed by atoms with E-state index in [1.807, 2.05) is 0 Å². The molecule has 0 bridgehead atoms. The first-order valence-corrected chi connectivity index (χ1v) is 4.88. The van der Waals surface area contributed by atoms with Gasteiger partial charge in [0.2, 0.25) is 5.91 Å². The number of alkyl halides is 1. The molecule has 4 nitrogen and oxygen atoms in total. The monoisotopic (exact) mass is 207 g/mol. The standard InChI is InChI=1S/C8H14ClNO3/c9-5-8(11)10-2-1-7-6-12-3-4-13-7/h7H,1-6H2,(H,10,11). The molecule has 1 saturated heterocycles. The fourth-order valence-corrected chi connectivity index (χ4v) is 1.22. The minimum absolute atomic E-state index is 0.0159. The number of hydrogen-bond acceptors (Lipinski definition) is 3. The van der Waals surface area contributed by atoms with Crippen LogP contribution in [0.3, 0.4) is 0 Å². The maximum Gasteiger partial charge on any atom is 0.234 e. The Labute approximate surface area is 82.5 Å². The van der Waals surface area contributed by atoms with Gasteiger partial charge in [0.05, 0.1) is 25.9 Å². The molecule has 1 heterocycles. The van der Waals surface area contributed by atoms with Crippen molar-refractivity contribution in [3.05, 3.63) is 0 Å². The molecule has 0 aromatic heterocycles. The van der Waals surface area contributed by atoms with Gasteiger partial charge in [0.15, 0.2) is 0 Å². The zero-order valence-corrected chi connectivity index (χ0v) is 8.18. The quantitative estimate of drug-likeness (QED) is 0.668. The lowest BCUT2D eigenvalue weighted by atomic mass is 10.2. The normalized spacial score (nSPS) is 22.7. The van der Waals surface area contributed by atoms with E-state index in [9.17, 15) is 4.79 Å². The fourth-order valence-electron chi connectivity index (χ4n) is 1.12. The summed E-state index contributed by atoms with van der Waals surface area (Å²) in [6, 6.07) is 0. The first-order chi connectivity index (χ1) is 6.33. The van der Waals surface area contributed by atoms with Crippen LogP contribution in [-0.2, 0) is 14.3 Å². The number of rotatable bonds is 4. The van der Waals surface area contributed by atoms with Crippen molar-refractivity contribution in [2.24, 2.45) is 0 Å². The Hall–Kier alpha value is -0.320. The van der Waals surface area contributed by atoms with Gasteiger partial charge >= 0.3 is 0 Å². The Kier molecular flexibility index (Phi) is 5.12. The van der Waals surface area contributed by atoms with E-state index in [-0.39, 0.29) is 17.9 Å². The van der Waals surface area contributed by atoms with Gasteiger partial charge in [-0.05, 0) is 6.42 Å². The molecule has 1 aliphatic heterocycles. The molecule has 1 unspecified atom stereocenters. The van der Waals surface area contributed by atoms with Gasteiger partial charge in [0, 0.05) is 6.54 Å². The molecule has 1 amide bonds. The van der Waals surface area contributed by atoms with Gasteiger partial charge in [0.25, 0.3) is 0 Å². The topological polar surface area (TPSA) is 47.6 Å². The number of nitrogens with one attached hydrogen (secondary N) is 1. The molecule has 1 aliphatic rings. The third-order valence-corrected chi connectivity index (χ3v) is 2.04. The van der Waals surface area contributed by atoms with Crippen LogP contribution in [-0.4, -0.2) is 44.3 Å². The predicted molar refractivity (Wildman–Crippen MR) is 48.9 cm³/mol. The van der Waals surface area contributed by atoms with Crippen LogP contribution in [0.25, 0.3) is 0 Å².